The van der Waals surface area contributed by atoms with Crippen LogP contribution in [-0.2, 0) is 0 Å². The summed E-state index contributed by atoms with van der Waals surface area (Å²) in [5.41, 5.74) is 7.54. The maximum Gasteiger partial charge on any atom is 0.337 e. The third kappa shape index (κ3) is 2.51. The highest BCUT2D eigenvalue weighted by Crippen LogP contribution is 2.33. The largest absolute Gasteiger partial charge is 0.493 e. The Bertz CT molecular complexity index is 652. The Morgan fingerprint density at radius 2 is 1.60 bits per heavy atom. The topological polar surface area (TPSA) is 81.8 Å². The molecule has 5 heteroatoms. The summed E-state index contributed by atoms with van der Waals surface area (Å²) in [6.45, 7) is 0. The van der Waals surface area contributed by atoms with Crippen LogP contribution < -0.4 is 15.2 Å². The van der Waals surface area contributed by atoms with Crippen molar-refractivity contribution in [2.45, 2.75) is 0 Å². The molecule has 0 bridgehead atoms. The van der Waals surface area contributed by atoms with Crippen LogP contribution in [0.15, 0.2) is 36.4 Å². The molecule has 0 aromatic heterocycles. The van der Waals surface area contributed by atoms with E-state index in [0.717, 1.165) is 11.1 Å². The van der Waals surface area contributed by atoms with Gasteiger partial charge in [0.1, 0.15) is 0 Å². The lowest BCUT2D eigenvalue weighted by molar-refractivity contribution is 0.0698. The molecule has 2 rings (SSSR count). The first-order valence-corrected chi connectivity index (χ1v) is 5.92. The van der Waals surface area contributed by atoms with Crippen LogP contribution in [-0.4, -0.2) is 25.3 Å². The summed E-state index contributed by atoms with van der Waals surface area (Å²) in [4.78, 5) is 11.1. The van der Waals surface area contributed by atoms with Crippen LogP contribution in [0.4, 0.5) is 5.69 Å². The molecule has 0 amide bonds. The van der Waals surface area contributed by atoms with E-state index in [9.17, 15) is 4.79 Å². The Kier molecular flexibility index (Phi) is 3.79. The van der Waals surface area contributed by atoms with Crippen molar-refractivity contribution < 1.29 is 19.4 Å². The first-order valence-electron chi connectivity index (χ1n) is 5.92. The molecule has 104 valence electrons. The van der Waals surface area contributed by atoms with Gasteiger partial charge in [-0.2, -0.15) is 0 Å². The molecule has 0 fully saturated rings. The second-order valence-corrected chi connectivity index (χ2v) is 4.18. The van der Waals surface area contributed by atoms with Crippen LogP contribution in [0.2, 0.25) is 0 Å². The van der Waals surface area contributed by atoms with E-state index < -0.39 is 5.97 Å². The average molecular weight is 273 g/mol. The third-order valence-electron chi connectivity index (χ3n) is 3.00. The summed E-state index contributed by atoms with van der Waals surface area (Å²) in [5.74, 6) is 0.147. The molecule has 0 unspecified atom stereocenters. The van der Waals surface area contributed by atoms with Crippen LogP contribution in [0.1, 0.15) is 10.4 Å². The van der Waals surface area contributed by atoms with Gasteiger partial charge in [0.25, 0.3) is 0 Å². The summed E-state index contributed by atoms with van der Waals surface area (Å²) < 4.78 is 10.4. The van der Waals surface area contributed by atoms with E-state index in [2.05, 4.69) is 0 Å². The van der Waals surface area contributed by atoms with E-state index in [1.807, 2.05) is 6.07 Å². The molecule has 3 N–H and O–H groups in total. The number of carboxylic acids is 1. The number of hydrogen-bond acceptors (Lipinski definition) is 4. The molecule has 0 spiro atoms. The molecule has 0 heterocycles. The van der Waals surface area contributed by atoms with E-state index in [4.69, 9.17) is 20.3 Å². The third-order valence-corrected chi connectivity index (χ3v) is 3.00. The number of rotatable bonds is 4. The average Bonchev–Trinajstić information content (AvgIpc) is 2.46. The molecule has 0 aliphatic heterocycles. The second-order valence-electron chi connectivity index (χ2n) is 4.18. The number of carbonyl (C=O) groups is 1. The van der Waals surface area contributed by atoms with E-state index in [0.29, 0.717) is 11.5 Å². The fraction of sp³-hybridized carbons (Fsp3) is 0.133. The number of benzene rings is 2. The summed E-state index contributed by atoms with van der Waals surface area (Å²) in [7, 11) is 3.11. The van der Waals surface area contributed by atoms with Gasteiger partial charge in [0.15, 0.2) is 11.5 Å². The van der Waals surface area contributed by atoms with Gasteiger partial charge < -0.3 is 20.3 Å². The van der Waals surface area contributed by atoms with Crippen LogP contribution in [0.5, 0.6) is 11.5 Å². The van der Waals surface area contributed by atoms with Gasteiger partial charge in [-0.15, -0.1) is 0 Å². The molecule has 0 saturated carbocycles. The number of nitrogen functional groups attached to an aromatic ring is 1. The molecule has 0 saturated heterocycles. The van der Waals surface area contributed by atoms with Crippen molar-refractivity contribution in [3.8, 4) is 22.6 Å². The van der Waals surface area contributed by atoms with Gasteiger partial charge in [-0.3, -0.25) is 0 Å². The number of anilines is 1. The number of aromatic carboxylic acids is 1. The predicted molar refractivity (Wildman–Crippen MR) is 76.4 cm³/mol. The highest BCUT2D eigenvalue weighted by molar-refractivity contribution is 5.95. The first kappa shape index (κ1) is 13.7. The lowest BCUT2D eigenvalue weighted by atomic mass is 10.0. The van der Waals surface area contributed by atoms with Gasteiger partial charge in [0, 0.05) is 5.69 Å². The Morgan fingerprint density at radius 1 is 1.00 bits per heavy atom. The van der Waals surface area contributed by atoms with E-state index >= 15 is 0 Å². The van der Waals surface area contributed by atoms with Crippen molar-refractivity contribution in [2.24, 2.45) is 0 Å². The Morgan fingerprint density at radius 3 is 2.20 bits per heavy atom. The Hall–Kier alpha value is -2.69. The fourth-order valence-electron chi connectivity index (χ4n) is 1.94. The summed E-state index contributed by atoms with van der Waals surface area (Å²) in [6.07, 6.45) is 0. The maximum atomic E-state index is 11.1. The number of carboxylic acid groups (broad SMARTS) is 1. The summed E-state index contributed by atoms with van der Waals surface area (Å²) in [6, 6.07) is 10.3. The van der Waals surface area contributed by atoms with E-state index in [1.54, 1.807) is 44.6 Å². The predicted octanol–water partition coefficient (Wildman–Crippen LogP) is 2.65. The highest BCUT2D eigenvalue weighted by Gasteiger charge is 2.11. The van der Waals surface area contributed by atoms with Gasteiger partial charge >= 0.3 is 5.97 Å². The zero-order valence-corrected chi connectivity index (χ0v) is 11.2. The van der Waals surface area contributed by atoms with Crippen molar-refractivity contribution >= 4 is 11.7 Å². The molecule has 0 aliphatic carbocycles. The number of hydrogen-bond donors (Lipinski definition) is 2. The fourth-order valence-corrected chi connectivity index (χ4v) is 1.94. The highest BCUT2D eigenvalue weighted by atomic mass is 16.5. The molecular formula is C15H15NO4. The van der Waals surface area contributed by atoms with Gasteiger partial charge in [0.2, 0.25) is 0 Å². The second kappa shape index (κ2) is 5.52. The molecule has 20 heavy (non-hydrogen) atoms. The van der Waals surface area contributed by atoms with Crippen LogP contribution in [0.3, 0.4) is 0 Å². The lowest BCUT2D eigenvalue weighted by Gasteiger charge is -2.10. The van der Waals surface area contributed by atoms with E-state index in [1.165, 1.54) is 0 Å². The van der Waals surface area contributed by atoms with Crippen molar-refractivity contribution in [1.82, 2.24) is 0 Å². The minimum atomic E-state index is -1.05. The standard InChI is InChI=1S/C15H15NO4/c1-19-13-6-4-10(8-14(13)20-2)9-3-5-12(16)11(7-9)15(17)18/h3-8H,16H2,1-2H3,(H,17,18). The number of nitrogens with two attached hydrogens (primary N) is 1. The smallest absolute Gasteiger partial charge is 0.337 e. The SMILES string of the molecule is COc1ccc(-c2ccc(N)c(C(=O)O)c2)cc1OC. The van der Waals surface area contributed by atoms with E-state index in [-0.39, 0.29) is 11.3 Å². The van der Waals surface area contributed by atoms with Gasteiger partial charge in [-0.1, -0.05) is 12.1 Å². The zero-order valence-electron chi connectivity index (χ0n) is 11.2. The summed E-state index contributed by atoms with van der Waals surface area (Å²) >= 11 is 0. The van der Waals surface area contributed by atoms with Crippen LogP contribution >= 0.6 is 0 Å². The minimum absolute atomic E-state index is 0.0808. The van der Waals surface area contributed by atoms with Gasteiger partial charge in [-0.25, -0.2) is 4.79 Å². The zero-order chi connectivity index (χ0) is 14.7. The lowest BCUT2D eigenvalue weighted by Crippen LogP contribution is -2.02. The molecule has 0 atom stereocenters. The molecule has 0 radical (unpaired) electrons. The Labute approximate surface area is 116 Å². The number of methoxy groups -OCH3 is 2. The normalized spacial score (nSPS) is 10.1. The monoisotopic (exact) mass is 273 g/mol. The maximum absolute atomic E-state index is 11.1. The first-order chi connectivity index (χ1) is 9.56. The Balaban J connectivity index is 2.51. The van der Waals surface area contributed by atoms with Crippen molar-refractivity contribution in [1.29, 1.82) is 0 Å². The van der Waals surface area contributed by atoms with Gasteiger partial charge in [0.05, 0.1) is 19.8 Å². The number of ether oxygens (including phenoxy) is 2. The molecular weight excluding hydrogens is 258 g/mol. The van der Waals surface area contributed by atoms with Crippen molar-refractivity contribution in [3.63, 3.8) is 0 Å². The van der Waals surface area contributed by atoms with Crippen molar-refractivity contribution in [3.05, 3.63) is 42.0 Å². The molecule has 5 nitrogen and oxygen atoms in total. The minimum Gasteiger partial charge on any atom is -0.493 e. The molecule has 2 aromatic rings. The molecule has 2 aromatic carbocycles. The van der Waals surface area contributed by atoms with Gasteiger partial charge in [-0.05, 0) is 35.4 Å². The summed E-state index contributed by atoms with van der Waals surface area (Å²) in [5, 5.41) is 9.10. The molecule has 0 aliphatic rings. The van der Waals surface area contributed by atoms with Crippen LogP contribution in [0.25, 0.3) is 11.1 Å². The van der Waals surface area contributed by atoms with Crippen molar-refractivity contribution in [2.75, 3.05) is 20.0 Å². The van der Waals surface area contributed by atoms with Crippen LogP contribution in [0, 0.1) is 0 Å². The quantitative estimate of drug-likeness (QED) is 0.837.